The van der Waals surface area contributed by atoms with E-state index in [-0.39, 0.29) is 30.1 Å². The van der Waals surface area contributed by atoms with E-state index in [1.807, 2.05) is 44.2 Å². The minimum Gasteiger partial charge on any atom is -0.289 e. The minimum atomic E-state index is -4.04. The number of benzene rings is 2. The Labute approximate surface area is 209 Å². The summed E-state index contributed by atoms with van der Waals surface area (Å²) in [5.74, 6) is -3.58. The van der Waals surface area contributed by atoms with Gasteiger partial charge in [0.1, 0.15) is 0 Å². The molecule has 0 saturated heterocycles. The van der Waals surface area contributed by atoms with Crippen LogP contribution in [-0.2, 0) is 19.6 Å². The maximum absolute atomic E-state index is 13.4. The van der Waals surface area contributed by atoms with Crippen LogP contribution in [0.1, 0.15) is 32.3 Å². The third-order valence-electron chi connectivity index (χ3n) is 5.33. The highest BCUT2D eigenvalue weighted by Gasteiger charge is 2.35. The zero-order valence-electron chi connectivity index (χ0n) is 20.2. The number of nitrogens with zero attached hydrogens (tertiary/aromatic N) is 2. The monoisotopic (exact) mass is 518 g/mol. The number of hydrogen-bond acceptors (Lipinski definition) is 7. The number of carbonyl (C=O) groups is 2. The SMILES string of the molecule is CC(C)C[C@H](C(=O)NN(c1ccc([N+](=O)[O-])cc1)S(C)(=O)=O)[C@H](CC=Cc1ccccc1)C(=O)NO. The number of sulfonamides is 1. The first-order valence-electron chi connectivity index (χ1n) is 11.1. The topological polar surface area (TPSA) is 159 Å². The van der Waals surface area contributed by atoms with Gasteiger partial charge in [0.25, 0.3) is 5.69 Å². The number of rotatable bonds is 12. The number of hydrogen-bond donors (Lipinski definition) is 3. The van der Waals surface area contributed by atoms with Crippen molar-refractivity contribution < 1.29 is 28.1 Å². The first-order chi connectivity index (χ1) is 16.9. The standard InChI is InChI=1S/C24H30N4O7S/c1-17(2)16-22(21(24(30)26-31)11-7-10-18-8-5-4-6-9-18)23(29)25-27(36(3,34)35)19-12-14-20(15-13-19)28(32)33/h4-10,12-15,17,21-22,31H,11,16H2,1-3H3,(H,25,29)(H,26,30)/t21-,22-/m0/s1. The molecule has 2 aromatic rings. The van der Waals surface area contributed by atoms with Crippen LogP contribution in [0.2, 0.25) is 0 Å². The van der Waals surface area contributed by atoms with Crippen LogP contribution in [-0.4, -0.2) is 36.6 Å². The number of nitrogens with one attached hydrogen (secondary N) is 2. The quantitative estimate of drug-likeness (QED) is 0.221. The number of allylic oxidation sites excluding steroid dienone is 1. The molecule has 0 aliphatic carbocycles. The van der Waals surface area contributed by atoms with E-state index in [1.165, 1.54) is 12.1 Å². The molecule has 0 saturated carbocycles. The van der Waals surface area contributed by atoms with Crippen LogP contribution in [0.5, 0.6) is 0 Å². The molecule has 0 bridgehead atoms. The molecule has 2 amide bonds. The van der Waals surface area contributed by atoms with Gasteiger partial charge in [0, 0.05) is 12.1 Å². The molecule has 0 radical (unpaired) electrons. The summed E-state index contributed by atoms with van der Waals surface area (Å²) in [6, 6.07) is 13.9. The summed E-state index contributed by atoms with van der Waals surface area (Å²) in [4.78, 5) is 36.2. The summed E-state index contributed by atoms with van der Waals surface area (Å²) in [7, 11) is -4.04. The molecule has 0 aliphatic heterocycles. The van der Waals surface area contributed by atoms with Crippen molar-refractivity contribution in [2.75, 3.05) is 10.7 Å². The molecule has 0 heterocycles. The summed E-state index contributed by atoms with van der Waals surface area (Å²) in [6.07, 6.45) is 4.68. The van der Waals surface area contributed by atoms with Gasteiger partial charge in [0.05, 0.1) is 28.7 Å². The van der Waals surface area contributed by atoms with Crippen molar-refractivity contribution in [2.45, 2.75) is 26.7 Å². The lowest BCUT2D eigenvalue weighted by Crippen LogP contribution is -2.51. The van der Waals surface area contributed by atoms with Gasteiger partial charge in [-0.15, -0.1) is 0 Å². The van der Waals surface area contributed by atoms with Crippen LogP contribution in [0.4, 0.5) is 11.4 Å². The van der Waals surface area contributed by atoms with E-state index in [0.717, 1.165) is 24.0 Å². The third kappa shape index (κ3) is 8.17. The molecule has 0 aliphatic rings. The van der Waals surface area contributed by atoms with Crippen molar-refractivity contribution in [3.8, 4) is 0 Å². The molecule has 11 nitrogen and oxygen atoms in total. The Morgan fingerprint density at radius 3 is 2.17 bits per heavy atom. The summed E-state index contributed by atoms with van der Waals surface area (Å²) in [5, 5.41) is 20.3. The first kappa shape index (κ1) is 28.5. The van der Waals surface area contributed by atoms with Crippen molar-refractivity contribution in [1.82, 2.24) is 10.9 Å². The molecule has 12 heteroatoms. The summed E-state index contributed by atoms with van der Waals surface area (Å²) in [5.41, 5.74) is 4.56. The molecule has 36 heavy (non-hydrogen) atoms. The average Bonchev–Trinajstić information content (AvgIpc) is 2.83. The van der Waals surface area contributed by atoms with Crippen molar-refractivity contribution >= 4 is 39.3 Å². The van der Waals surface area contributed by atoms with Crippen molar-refractivity contribution in [2.24, 2.45) is 17.8 Å². The number of non-ortho nitro benzene ring substituents is 1. The van der Waals surface area contributed by atoms with Crippen molar-refractivity contribution in [1.29, 1.82) is 0 Å². The van der Waals surface area contributed by atoms with Gasteiger partial charge < -0.3 is 0 Å². The van der Waals surface area contributed by atoms with E-state index in [9.17, 15) is 33.3 Å². The zero-order chi connectivity index (χ0) is 26.9. The molecule has 2 atom stereocenters. The maximum atomic E-state index is 13.4. The van der Waals surface area contributed by atoms with Gasteiger partial charge in [-0.2, -0.15) is 4.41 Å². The predicted octanol–water partition coefficient (Wildman–Crippen LogP) is 3.28. The average molecular weight is 519 g/mol. The molecular formula is C24H30N4O7S. The fraction of sp³-hybridized carbons (Fsp3) is 0.333. The summed E-state index contributed by atoms with van der Waals surface area (Å²) >= 11 is 0. The van der Waals surface area contributed by atoms with Gasteiger partial charge >= 0.3 is 0 Å². The molecule has 2 aromatic carbocycles. The lowest BCUT2D eigenvalue weighted by Gasteiger charge is -2.29. The Hall–Kier alpha value is -3.77. The molecule has 0 unspecified atom stereocenters. The molecule has 3 N–H and O–H groups in total. The smallest absolute Gasteiger partial charge is 0.269 e. The molecule has 0 spiro atoms. The lowest BCUT2D eigenvalue weighted by molar-refractivity contribution is -0.384. The number of carbonyl (C=O) groups excluding carboxylic acids is 2. The number of hydroxylamine groups is 1. The second kappa shape index (κ2) is 12.8. The molecular weight excluding hydrogens is 488 g/mol. The molecule has 194 valence electrons. The largest absolute Gasteiger partial charge is 0.289 e. The zero-order valence-corrected chi connectivity index (χ0v) is 21.0. The molecule has 0 aromatic heterocycles. The Balaban J connectivity index is 2.36. The van der Waals surface area contributed by atoms with Crippen LogP contribution in [0, 0.1) is 27.9 Å². The minimum absolute atomic E-state index is 0.0214. The number of amides is 2. The molecule has 0 fully saturated rings. The highest BCUT2D eigenvalue weighted by atomic mass is 32.2. The van der Waals surface area contributed by atoms with E-state index in [4.69, 9.17) is 0 Å². The fourth-order valence-electron chi connectivity index (χ4n) is 3.65. The van der Waals surface area contributed by atoms with E-state index in [2.05, 4.69) is 5.43 Å². The van der Waals surface area contributed by atoms with Crippen LogP contribution >= 0.6 is 0 Å². The van der Waals surface area contributed by atoms with Crippen LogP contribution in [0.15, 0.2) is 60.7 Å². The van der Waals surface area contributed by atoms with Crippen molar-refractivity contribution in [3.63, 3.8) is 0 Å². The fourth-order valence-corrected chi connectivity index (χ4v) is 4.41. The molecule has 2 rings (SSSR count). The lowest BCUT2D eigenvalue weighted by atomic mass is 9.82. The number of nitro benzene ring substituents is 1. The van der Waals surface area contributed by atoms with Crippen LogP contribution in [0.25, 0.3) is 6.08 Å². The summed E-state index contributed by atoms with van der Waals surface area (Å²) < 4.78 is 25.5. The Bertz CT molecular complexity index is 1180. The van der Waals surface area contributed by atoms with Gasteiger partial charge in [0.15, 0.2) is 0 Å². The van der Waals surface area contributed by atoms with Gasteiger partial charge in [0.2, 0.25) is 21.8 Å². The van der Waals surface area contributed by atoms with E-state index >= 15 is 0 Å². The number of hydrazine groups is 1. The van der Waals surface area contributed by atoms with Crippen molar-refractivity contribution in [3.05, 3.63) is 76.4 Å². The van der Waals surface area contributed by atoms with Gasteiger partial charge in [-0.25, -0.2) is 13.9 Å². The van der Waals surface area contributed by atoms with E-state index in [1.54, 1.807) is 17.6 Å². The highest BCUT2D eigenvalue weighted by molar-refractivity contribution is 7.92. The van der Waals surface area contributed by atoms with E-state index < -0.39 is 38.6 Å². The van der Waals surface area contributed by atoms with Gasteiger partial charge in [-0.3, -0.25) is 30.3 Å². The highest BCUT2D eigenvalue weighted by Crippen LogP contribution is 2.27. The second-order valence-corrected chi connectivity index (χ2v) is 10.5. The summed E-state index contributed by atoms with van der Waals surface area (Å²) in [6.45, 7) is 3.69. The maximum Gasteiger partial charge on any atom is 0.269 e. The van der Waals surface area contributed by atoms with Crippen LogP contribution in [0.3, 0.4) is 0 Å². The number of nitro groups is 1. The first-order valence-corrected chi connectivity index (χ1v) is 13.0. The third-order valence-corrected chi connectivity index (χ3v) is 6.30. The van der Waals surface area contributed by atoms with Gasteiger partial charge in [-0.1, -0.05) is 56.3 Å². The van der Waals surface area contributed by atoms with Crippen LogP contribution < -0.4 is 15.3 Å². The Kier molecular flexibility index (Phi) is 10.1. The normalized spacial score (nSPS) is 13.2. The Morgan fingerprint density at radius 1 is 1.06 bits per heavy atom. The Morgan fingerprint density at radius 2 is 1.67 bits per heavy atom. The van der Waals surface area contributed by atoms with Gasteiger partial charge in [-0.05, 0) is 36.5 Å². The van der Waals surface area contributed by atoms with E-state index in [0.29, 0.717) is 4.41 Å². The number of anilines is 1. The predicted molar refractivity (Wildman–Crippen MR) is 135 cm³/mol. The second-order valence-electron chi connectivity index (χ2n) is 8.64.